The molecule has 0 saturated heterocycles. The van der Waals surface area contributed by atoms with Gasteiger partial charge in [-0.3, -0.25) is 10.1 Å². The number of hydrogen-bond donors (Lipinski definition) is 2. The van der Waals surface area contributed by atoms with Crippen LogP contribution in [0, 0.1) is 0 Å². The highest BCUT2D eigenvalue weighted by atomic mass is 19.4. The molecular weight excluding hydrogens is 237 g/mol. The number of alkyl halides is 3. The second-order valence-corrected chi connectivity index (χ2v) is 4.11. The van der Waals surface area contributed by atoms with Crippen molar-refractivity contribution < 1.29 is 22.8 Å². The second-order valence-electron chi connectivity index (χ2n) is 4.11. The molecule has 0 aromatic heterocycles. The predicted molar refractivity (Wildman–Crippen MR) is 54.2 cm³/mol. The fourth-order valence-electron chi connectivity index (χ4n) is 1.82. The molecule has 0 bridgehead atoms. The maximum absolute atomic E-state index is 11.9. The molecule has 0 aromatic rings. The van der Waals surface area contributed by atoms with Crippen LogP contribution < -0.4 is 10.6 Å². The lowest BCUT2D eigenvalue weighted by Gasteiger charge is -2.16. The average molecular weight is 252 g/mol. The lowest BCUT2D eigenvalue weighted by atomic mass is 10.1. The topological polar surface area (TPSA) is 58.2 Å². The van der Waals surface area contributed by atoms with Crippen LogP contribution in [-0.2, 0) is 4.79 Å². The van der Waals surface area contributed by atoms with Gasteiger partial charge in [-0.15, -0.1) is 0 Å². The van der Waals surface area contributed by atoms with Gasteiger partial charge in [-0.1, -0.05) is 25.7 Å². The quantitative estimate of drug-likeness (QED) is 0.702. The molecule has 1 saturated carbocycles. The molecule has 0 unspecified atom stereocenters. The largest absolute Gasteiger partial charge is 0.471 e. The van der Waals surface area contributed by atoms with E-state index in [-0.39, 0.29) is 6.04 Å². The van der Waals surface area contributed by atoms with Crippen LogP contribution in [0.4, 0.5) is 18.0 Å². The molecule has 0 aliphatic heterocycles. The van der Waals surface area contributed by atoms with Crippen LogP contribution in [0.25, 0.3) is 0 Å². The van der Waals surface area contributed by atoms with Gasteiger partial charge in [-0.2, -0.15) is 13.2 Å². The SMILES string of the molecule is O=C(NC(=O)C(F)(F)F)NC1CCCCCC1. The molecule has 0 spiro atoms. The first kappa shape index (κ1) is 13.8. The number of imide groups is 1. The summed E-state index contributed by atoms with van der Waals surface area (Å²) in [5.74, 6) is -2.23. The zero-order valence-corrected chi connectivity index (χ0v) is 9.27. The molecule has 0 atom stereocenters. The van der Waals surface area contributed by atoms with Crippen LogP contribution in [0.2, 0.25) is 0 Å². The van der Waals surface area contributed by atoms with Crippen molar-refractivity contribution >= 4 is 11.9 Å². The van der Waals surface area contributed by atoms with Crippen molar-refractivity contribution in [1.29, 1.82) is 0 Å². The molecule has 1 fully saturated rings. The zero-order valence-electron chi connectivity index (χ0n) is 9.27. The number of carbonyl (C=O) groups is 2. The lowest BCUT2D eigenvalue weighted by Crippen LogP contribution is -2.48. The number of amides is 3. The Balaban J connectivity index is 2.35. The second kappa shape index (κ2) is 5.88. The number of rotatable bonds is 1. The summed E-state index contributed by atoms with van der Waals surface area (Å²) in [4.78, 5) is 21.6. The first-order chi connectivity index (χ1) is 7.89. The van der Waals surface area contributed by atoms with E-state index in [1.165, 1.54) is 5.32 Å². The molecular formula is C10H15F3N2O2. The number of urea groups is 1. The van der Waals surface area contributed by atoms with Gasteiger partial charge in [0.1, 0.15) is 0 Å². The smallest absolute Gasteiger partial charge is 0.335 e. The van der Waals surface area contributed by atoms with Crippen molar-refractivity contribution in [2.24, 2.45) is 0 Å². The Hall–Kier alpha value is -1.27. The Morgan fingerprint density at radius 2 is 1.53 bits per heavy atom. The van der Waals surface area contributed by atoms with E-state index in [4.69, 9.17) is 0 Å². The van der Waals surface area contributed by atoms with Crippen molar-refractivity contribution in [3.63, 3.8) is 0 Å². The number of carbonyl (C=O) groups excluding carboxylic acids is 2. The normalized spacial score (nSPS) is 18.3. The summed E-state index contributed by atoms with van der Waals surface area (Å²) in [7, 11) is 0. The van der Waals surface area contributed by atoms with Crippen molar-refractivity contribution in [3.05, 3.63) is 0 Å². The average Bonchev–Trinajstić information content (AvgIpc) is 2.44. The zero-order chi connectivity index (χ0) is 12.9. The minimum absolute atomic E-state index is 0.140. The van der Waals surface area contributed by atoms with Crippen LogP contribution in [0.1, 0.15) is 38.5 Å². The fourth-order valence-corrected chi connectivity index (χ4v) is 1.82. The summed E-state index contributed by atoms with van der Waals surface area (Å²) in [6.07, 6.45) is 0.487. The van der Waals surface area contributed by atoms with Crippen molar-refractivity contribution in [2.75, 3.05) is 0 Å². The first-order valence-electron chi connectivity index (χ1n) is 5.58. The maximum atomic E-state index is 11.9. The molecule has 0 heterocycles. The fraction of sp³-hybridized carbons (Fsp3) is 0.800. The molecule has 17 heavy (non-hydrogen) atoms. The molecule has 1 aliphatic rings. The van der Waals surface area contributed by atoms with Crippen molar-refractivity contribution in [1.82, 2.24) is 10.6 Å². The Morgan fingerprint density at radius 3 is 2.00 bits per heavy atom. The van der Waals surface area contributed by atoms with Gasteiger partial charge in [-0.25, -0.2) is 4.79 Å². The van der Waals surface area contributed by atoms with Gasteiger partial charge < -0.3 is 5.32 Å². The van der Waals surface area contributed by atoms with Crippen molar-refractivity contribution in [3.8, 4) is 0 Å². The van der Waals surface area contributed by atoms with Gasteiger partial charge in [0, 0.05) is 6.04 Å². The minimum Gasteiger partial charge on any atom is -0.335 e. The third kappa shape index (κ3) is 5.06. The summed E-state index contributed by atoms with van der Waals surface area (Å²) < 4.78 is 35.6. The third-order valence-corrected chi connectivity index (χ3v) is 2.67. The molecule has 0 aromatic carbocycles. The maximum Gasteiger partial charge on any atom is 0.471 e. The summed E-state index contributed by atoms with van der Waals surface area (Å²) in [5.41, 5.74) is 0. The molecule has 3 amide bonds. The molecule has 7 heteroatoms. The Bertz CT molecular complexity index is 284. The van der Waals surface area contributed by atoms with Gasteiger partial charge in [0.25, 0.3) is 0 Å². The van der Waals surface area contributed by atoms with Crippen LogP contribution in [0.15, 0.2) is 0 Å². The van der Waals surface area contributed by atoms with Crippen LogP contribution in [-0.4, -0.2) is 24.2 Å². The summed E-state index contributed by atoms with van der Waals surface area (Å²) in [6.45, 7) is 0. The highest BCUT2D eigenvalue weighted by Gasteiger charge is 2.39. The highest BCUT2D eigenvalue weighted by Crippen LogP contribution is 2.17. The Labute approximate surface area is 96.9 Å². The van der Waals surface area contributed by atoms with Gasteiger partial charge in [0.05, 0.1) is 0 Å². The summed E-state index contributed by atoms with van der Waals surface area (Å²) in [5, 5.41) is 3.66. The van der Waals surface area contributed by atoms with Crippen LogP contribution in [0.5, 0.6) is 0 Å². The van der Waals surface area contributed by atoms with E-state index in [1.807, 2.05) is 0 Å². The lowest BCUT2D eigenvalue weighted by molar-refractivity contribution is -0.172. The monoisotopic (exact) mass is 252 g/mol. The van der Waals surface area contributed by atoms with E-state index in [0.717, 1.165) is 38.5 Å². The number of hydrogen-bond acceptors (Lipinski definition) is 2. The molecule has 98 valence electrons. The van der Waals surface area contributed by atoms with Gasteiger partial charge in [0.2, 0.25) is 0 Å². The van der Waals surface area contributed by atoms with Crippen LogP contribution >= 0.6 is 0 Å². The summed E-state index contributed by atoms with van der Waals surface area (Å²) >= 11 is 0. The number of halogens is 3. The molecule has 0 radical (unpaired) electrons. The van der Waals surface area contributed by atoms with Crippen LogP contribution in [0.3, 0.4) is 0 Å². The minimum atomic E-state index is -5.03. The van der Waals surface area contributed by atoms with Crippen molar-refractivity contribution in [2.45, 2.75) is 50.7 Å². The predicted octanol–water partition coefficient (Wildman–Crippen LogP) is 2.10. The van der Waals surface area contributed by atoms with Gasteiger partial charge in [-0.05, 0) is 12.8 Å². The summed E-state index contributed by atoms with van der Waals surface area (Å²) in [6, 6.07) is -1.21. The molecule has 1 rings (SSSR count). The standard InChI is InChI=1S/C10H15F3N2O2/c11-10(12,13)8(16)15-9(17)14-7-5-3-1-2-4-6-7/h7H,1-6H2,(H2,14,15,16,17). The van der Waals surface area contributed by atoms with E-state index in [9.17, 15) is 22.8 Å². The van der Waals surface area contributed by atoms with Gasteiger partial charge in [0.15, 0.2) is 0 Å². The highest BCUT2D eigenvalue weighted by molar-refractivity contribution is 5.97. The van der Waals surface area contributed by atoms with E-state index < -0.39 is 18.1 Å². The van der Waals surface area contributed by atoms with E-state index in [2.05, 4.69) is 5.32 Å². The molecule has 1 aliphatic carbocycles. The van der Waals surface area contributed by atoms with Gasteiger partial charge >= 0.3 is 18.1 Å². The first-order valence-corrected chi connectivity index (χ1v) is 5.58. The van der Waals surface area contributed by atoms with E-state index >= 15 is 0 Å². The molecule has 2 N–H and O–H groups in total. The van der Waals surface area contributed by atoms with E-state index in [0.29, 0.717) is 0 Å². The Morgan fingerprint density at radius 1 is 1.00 bits per heavy atom. The number of nitrogens with one attached hydrogen (secondary N) is 2. The third-order valence-electron chi connectivity index (χ3n) is 2.67. The molecule has 4 nitrogen and oxygen atoms in total. The Kier molecular flexibility index (Phi) is 4.77. The van der Waals surface area contributed by atoms with E-state index in [1.54, 1.807) is 0 Å².